The second-order valence-electron chi connectivity index (χ2n) is 6.13. The van der Waals surface area contributed by atoms with Gasteiger partial charge in [0.1, 0.15) is 0 Å². The van der Waals surface area contributed by atoms with Crippen molar-refractivity contribution in [2.24, 2.45) is 0 Å². The highest BCUT2D eigenvalue weighted by Crippen LogP contribution is 2.42. The van der Waals surface area contributed by atoms with Gasteiger partial charge in [0.25, 0.3) is 5.91 Å². The van der Waals surface area contributed by atoms with Crippen molar-refractivity contribution in [2.75, 3.05) is 11.9 Å². The van der Waals surface area contributed by atoms with Crippen LogP contribution in [0.3, 0.4) is 0 Å². The molecule has 1 N–H and O–H groups in total. The second kappa shape index (κ2) is 7.22. The molecule has 0 radical (unpaired) electrons. The number of fused-ring (bicyclic) bond motifs is 1. The van der Waals surface area contributed by atoms with Crippen LogP contribution in [0.2, 0.25) is 0 Å². The van der Waals surface area contributed by atoms with Gasteiger partial charge in [-0.15, -0.1) is 8.78 Å². The largest absolute Gasteiger partial charge is 0.586 e. The van der Waals surface area contributed by atoms with E-state index in [2.05, 4.69) is 14.8 Å². The number of benzene rings is 2. The van der Waals surface area contributed by atoms with Crippen LogP contribution in [0.1, 0.15) is 16.7 Å². The van der Waals surface area contributed by atoms with Gasteiger partial charge in [-0.1, -0.05) is 18.2 Å². The minimum absolute atomic E-state index is 0.0491. The molecule has 2 aromatic carbocycles. The summed E-state index contributed by atoms with van der Waals surface area (Å²) < 4.78 is 39.5. The summed E-state index contributed by atoms with van der Waals surface area (Å²) in [5.41, 5.74) is 3.19. The topological polar surface area (TPSA) is 73.9 Å². The van der Waals surface area contributed by atoms with Crippen molar-refractivity contribution in [2.45, 2.75) is 26.6 Å². The number of hydrogen-bond donors (Lipinski definition) is 1. The van der Waals surface area contributed by atoms with Crippen molar-refractivity contribution >= 4 is 17.6 Å². The van der Waals surface area contributed by atoms with E-state index in [4.69, 9.17) is 4.74 Å². The predicted molar refractivity (Wildman–Crippen MR) is 91.9 cm³/mol. The van der Waals surface area contributed by atoms with Gasteiger partial charge in [0.2, 0.25) is 0 Å². The summed E-state index contributed by atoms with van der Waals surface area (Å²) in [5.74, 6) is -1.46. The van der Waals surface area contributed by atoms with Crippen LogP contribution in [0.5, 0.6) is 11.5 Å². The van der Waals surface area contributed by atoms with E-state index in [-0.39, 0.29) is 23.6 Å². The van der Waals surface area contributed by atoms with Gasteiger partial charge in [0.15, 0.2) is 18.1 Å². The molecular weight excluding hydrogens is 360 g/mol. The number of carbonyl (C=O) groups is 2. The van der Waals surface area contributed by atoms with Gasteiger partial charge in [-0.2, -0.15) is 0 Å². The Morgan fingerprint density at radius 1 is 1.04 bits per heavy atom. The van der Waals surface area contributed by atoms with Gasteiger partial charge >= 0.3 is 12.3 Å². The lowest BCUT2D eigenvalue weighted by Gasteiger charge is -2.08. The van der Waals surface area contributed by atoms with E-state index >= 15 is 0 Å². The Balaban J connectivity index is 1.50. The Hall–Kier alpha value is -3.16. The number of rotatable bonds is 5. The van der Waals surface area contributed by atoms with Gasteiger partial charge in [-0.05, 0) is 42.7 Å². The quantitative estimate of drug-likeness (QED) is 0.809. The van der Waals surface area contributed by atoms with E-state index in [1.54, 1.807) is 0 Å². The van der Waals surface area contributed by atoms with E-state index in [0.29, 0.717) is 0 Å². The molecule has 142 valence electrons. The first-order valence-corrected chi connectivity index (χ1v) is 8.13. The average Bonchev–Trinajstić information content (AvgIpc) is 2.89. The number of carbonyl (C=O) groups excluding carboxylic acids is 2. The molecule has 27 heavy (non-hydrogen) atoms. The van der Waals surface area contributed by atoms with Crippen molar-refractivity contribution in [3.63, 3.8) is 0 Å². The molecule has 0 fully saturated rings. The Kier molecular flexibility index (Phi) is 4.98. The van der Waals surface area contributed by atoms with Gasteiger partial charge in [0.05, 0.1) is 6.42 Å². The lowest BCUT2D eigenvalue weighted by atomic mass is 10.0. The highest BCUT2D eigenvalue weighted by molar-refractivity contribution is 5.93. The number of anilines is 1. The fraction of sp³-hybridized carbons (Fsp3) is 0.263. The number of alkyl halides is 2. The first kappa shape index (κ1) is 18.6. The number of halogens is 2. The summed E-state index contributed by atoms with van der Waals surface area (Å²) in [6.45, 7) is 3.42. The molecule has 0 spiro atoms. The molecule has 0 bridgehead atoms. The van der Waals surface area contributed by atoms with Crippen molar-refractivity contribution in [1.82, 2.24) is 0 Å². The van der Waals surface area contributed by atoms with Crippen molar-refractivity contribution < 1.29 is 32.6 Å². The molecule has 0 aliphatic carbocycles. The zero-order valence-corrected chi connectivity index (χ0v) is 14.7. The zero-order chi connectivity index (χ0) is 19.6. The SMILES string of the molecule is Cc1ccc(CC(=O)OCC(=O)Nc2ccc3c(c2)OC(F)(F)O3)cc1C. The fourth-order valence-corrected chi connectivity index (χ4v) is 2.50. The number of aryl methyl sites for hydroxylation is 2. The number of nitrogens with one attached hydrogen (secondary N) is 1. The van der Waals surface area contributed by atoms with Gasteiger partial charge < -0.3 is 19.5 Å². The van der Waals surface area contributed by atoms with E-state index < -0.39 is 24.8 Å². The molecular formula is C19H17F2NO5. The molecule has 3 rings (SSSR count). The Morgan fingerprint density at radius 3 is 2.52 bits per heavy atom. The summed E-state index contributed by atoms with van der Waals surface area (Å²) in [7, 11) is 0. The number of ether oxygens (including phenoxy) is 3. The minimum atomic E-state index is -3.73. The summed E-state index contributed by atoms with van der Waals surface area (Å²) in [4.78, 5) is 23.8. The molecule has 0 aromatic heterocycles. The highest BCUT2D eigenvalue weighted by Gasteiger charge is 2.43. The summed E-state index contributed by atoms with van der Waals surface area (Å²) in [6.07, 6.45) is -3.68. The van der Waals surface area contributed by atoms with Gasteiger partial charge in [-0.3, -0.25) is 9.59 Å². The predicted octanol–water partition coefficient (Wildman–Crippen LogP) is 3.35. The highest BCUT2D eigenvalue weighted by atomic mass is 19.3. The molecule has 8 heteroatoms. The Bertz CT molecular complexity index is 898. The number of amides is 1. The normalized spacial score (nSPS) is 13.9. The zero-order valence-electron chi connectivity index (χ0n) is 14.7. The minimum Gasteiger partial charge on any atom is -0.455 e. The molecule has 1 aliphatic rings. The fourth-order valence-electron chi connectivity index (χ4n) is 2.50. The van der Waals surface area contributed by atoms with Crippen molar-refractivity contribution in [1.29, 1.82) is 0 Å². The van der Waals surface area contributed by atoms with Gasteiger partial charge in [0, 0.05) is 11.8 Å². The lowest BCUT2D eigenvalue weighted by Crippen LogP contribution is -2.25. The summed E-state index contributed by atoms with van der Waals surface area (Å²) >= 11 is 0. The average molecular weight is 377 g/mol. The molecule has 1 heterocycles. The van der Waals surface area contributed by atoms with Crippen molar-refractivity contribution in [3.8, 4) is 11.5 Å². The maximum Gasteiger partial charge on any atom is 0.586 e. The summed E-state index contributed by atoms with van der Waals surface area (Å²) in [6, 6.07) is 9.44. The van der Waals surface area contributed by atoms with Crippen LogP contribution in [0.15, 0.2) is 36.4 Å². The Labute approximate surface area is 154 Å². The maximum atomic E-state index is 13.0. The molecule has 1 aliphatic heterocycles. The molecule has 6 nitrogen and oxygen atoms in total. The Morgan fingerprint density at radius 2 is 1.78 bits per heavy atom. The molecule has 1 amide bonds. The van der Waals surface area contributed by atoms with Gasteiger partial charge in [-0.25, -0.2) is 0 Å². The molecule has 0 saturated heterocycles. The van der Waals surface area contributed by atoms with Crippen LogP contribution in [-0.4, -0.2) is 24.8 Å². The van der Waals surface area contributed by atoms with Crippen LogP contribution >= 0.6 is 0 Å². The van der Waals surface area contributed by atoms with Crippen LogP contribution in [-0.2, 0) is 20.7 Å². The van der Waals surface area contributed by atoms with E-state index in [0.717, 1.165) is 16.7 Å². The third-order valence-electron chi connectivity index (χ3n) is 3.97. The third-order valence-corrected chi connectivity index (χ3v) is 3.97. The monoisotopic (exact) mass is 377 g/mol. The van der Waals surface area contributed by atoms with Crippen molar-refractivity contribution in [3.05, 3.63) is 53.1 Å². The molecule has 0 unspecified atom stereocenters. The standard InChI is InChI=1S/C19H17F2NO5/c1-11-3-4-13(7-12(11)2)8-18(24)25-10-17(23)22-14-5-6-15-16(9-14)27-19(20,21)26-15/h3-7,9H,8,10H2,1-2H3,(H,22,23). The number of hydrogen-bond acceptors (Lipinski definition) is 5. The smallest absolute Gasteiger partial charge is 0.455 e. The van der Waals surface area contributed by atoms with Crippen LogP contribution in [0.25, 0.3) is 0 Å². The first-order chi connectivity index (χ1) is 12.7. The van der Waals surface area contributed by atoms with E-state index in [9.17, 15) is 18.4 Å². The van der Waals surface area contributed by atoms with E-state index in [1.807, 2.05) is 32.0 Å². The third kappa shape index (κ3) is 4.72. The number of esters is 1. The lowest BCUT2D eigenvalue weighted by molar-refractivity contribution is -0.286. The molecule has 0 atom stereocenters. The summed E-state index contributed by atoms with van der Waals surface area (Å²) in [5, 5.41) is 2.44. The molecule has 0 saturated carbocycles. The second-order valence-corrected chi connectivity index (χ2v) is 6.13. The molecule has 2 aromatic rings. The first-order valence-electron chi connectivity index (χ1n) is 8.13. The van der Waals surface area contributed by atoms with Crippen LogP contribution < -0.4 is 14.8 Å². The van der Waals surface area contributed by atoms with Crippen LogP contribution in [0, 0.1) is 13.8 Å². The van der Waals surface area contributed by atoms with E-state index in [1.165, 1.54) is 18.2 Å². The maximum absolute atomic E-state index is 13.0. The van der Waals surface area contributed by atoms with Crippen LogP contribution in [0.4, 0.5) is 14.5 Å².